The van der Waals surface area contributed by atoms with E-state index in [1.54, 1.807) is 30.3 Å². The molecule has 0 atom stereocenters. The maximum absolute atomic E-state index is 11.8. The number of rotatable bonds is 5. The first-order valence-electron chi connectivity index (χ1n) is 7.33. The minimum atomic E-state index is -0.528. The molecule has 0 unspecified atom stereocenters. The second-order valence-electron chi connectivity index (χ2n) is 5.04. The summed E-state index contributed by atoms with van der Waals surface area (Å²) in [5.41, 5.74) is 2.97. The van der Waals surface area contributed by atoms with Gasteiger partial charge in [-0.2, -0.15) is 5.10 Å². The molecule has 9 heteroatoms. The summed E-state index contributed by atoms with van der Waals surface area (Å²) < 4.78 is 5.57. The predicted octanol–water partition coefficient (Wildman–Crippen LogP) is 3.67. The Morgan fingerprint density at radius 1 is 1.27 bits per heavy atom. The van der Waals surface area contributed by atoms with Gasteiger partial charge in [0.25, 0.3) is 11.6 Å². The lowest BCUT2D eigenvalue weighted by molar-refractivity contribution is -0.384. The Labute approximate surface area is 152 Å². The third-order valence-electron chi connectivity index (χ3n) is 3.31. The number of pyridine rings is 1. The van der Waals surface area contributed by atoms with Crippen molar-refractivity contribution in [2.45, 2.75) is 0 Å². The van der Waals surface area contributed by atoms with Gasteiger partial charge in [-0.05, 0) is 30.3 Å². The molecule has 0 saturated carbocycles. The SMILES string of the molecule is O=C(NN=Cc1ccc(-c2ccc([N+](=O)[O-])cc2Cl)o1)c1ccccn1. The molecule has 0 fully saturated rings. The van der Waals surface area contributed by atoms with Gasteiger partial charge in [-0.25, -0.2) is 5.43 Å². The van der Waals surface area contributed by atoms with Gasteiger partial charge in [-0.3, -0.25) is 19.9 Å². The largest absolute Gasteiger partial charge is 0.455 e. The van der Waals surface area contributed by atoms with Crippen LogP contribution >= 0.6 is 11.6 Å². The van der Waals surface area contributed by atoms with Gasteiger partial charge < -0.3 is 4.42 Å². The van der Waals surface area contributed by atoms with Crippen LogP contribution in [-0.4, -0.2) is 22.0 Å². The zero-order chi connectivity index (χ0) is 18.5. The van der Waals surface area contributed by atoms with Crippen molar-refractivity contribution in [2.75, 3.05) is 0 Å². The summed E-state index contributed by atoms with van der Waals surface area (Å²) in [5, 5.41) is 14.7. The molecular formula is C17H11ClN4O4. The van der Waals surface area contributed by atoms with E-state index in [4.69, 9.17) is 16.0 Å². The van der Waals surface area contributed by atoms with Crippen LogP contribution in [0.5, 0.6) is 0 Å². The lowest BCUT2D eigenvalue weighted by Gasteiger charge is -2.00. The van der Waals surface area contributed by atoms with Crippen molar-refractivity contribution in [1.29, 1.82) is 0 Å². The molecule has 8 nitrogen and oxygen atoms in total. The van der Waals surface area contributed by atoms with E-state index >= 15 is 0 Å². The van der Waals surface area contributed by atoms with E-state index in [1.807, 2.05) is 0 Å². The standard InChI is InChI=1S/C17H11ClN4O4/c18-14-9-11(22(24)25)4-6-13(14)16-7-5-12(26-16)10-20-21-17(23)15-3-1-2-8-19-15/h1-10H,(H,21,23). The van der Waals surface area contributed by atoms with E-state index in [0.717, 1.165) is 0 Å². The zero-order valence-electron chi connectivity index (χ0n) is 13.1. The topological polar surface area (TPSA) is 111 Å². The smallest absolute Gasteiger partial charge is 0.289 e. The minimum Gasteiger partial charge on any atom is -0.455 e. The number of nitro benzene ring substituents is 1. The average molecular weight is 371 g/mol. The first-order valence-corrected chi connectivity index (χ1v) is 7.71. The van der Waals surface area contributed by atoms with Gasteiger partial charge in [0.1, 0.15) is 17.2 Å². The number of furan rings is 1. The highest BCUT2D eigenvalue weighted by molar-refractivity contribution is 6.33. The number of halogens is 1. The first-order chi connectivity index (χ1) is 12.5. The maximum atomic E-state index is 11.8. The first kappa shape index (κ1) is 17.3. The van der Waals surface area contributed by atoms with Gasteiger partial charge in [0.05, 0.1) is 16.2 Å². The van der Waals surface area contributed by atoms with E-state index in [0.29, 0.717) is 17.1 Å². The Balaban J connectivity index is 1.70. The molecule has 0 saturated heterocycles. The molecule has 3 aromatic rings. The van der Waals surface area contributed by atoms with Gasteiger partial charge in [0.15, 0.2) is 0 Å². The minimum absolute atomic E-state index is 0.107. The summed E-state index contributed by atoms with van der Waals surface area (Å²) in [4.78, 5) is 25.9. The number of hydrogen-bond acceptors (Lipinski definition) is 6. The Bertz CT molecular complexity index is 985. The fourth-order valence-corrected chi connectivity index (χ4v) is 2.36. The third kappa shape index (κ3) is 3.93. The van der Waals surface area contributed by atoms with Crippen LogP contribution in [0.15, 0.2) is 64.2 Å². The van der Waals surface area contributed by atoms with Crippen LogP contribution in [0.25, 0.3) is 11.3 Å². The van der Waals surface area contributed by atoms with Crippen LogP contribution in [0.1, 0.15) is 16.2 Å². The van der Waals surface area contributed by atoms with E-state index < -0.39 is 10.8 Å². The quantitative estimate of drug-likeness (QED) is 0.418. The Hall–Kier alpha value is -3.52. The van der Waals surface area contributed by atoms with Crippen LogP contribution in [0.3, 0.4) is 0 Å². The summed E-state index contributed by atoms with van der Waals surface area (Å²) in [6, 6.07) is 12.3. The molecule has 2 heterocycles. The van der Waals surface area contributed by atoms with Gasteiger partial charge in [-0.1, -0.05) is 17.7 Å². The summed E-state index contributed by atoms with van der Waals surface area (Å²) in [7, 11) is 0. The molecule has 0 aliphatic carbocycles. The highest BCUT2D eigenvalue weighted by Gasteiger charge is 2.13. The molecule has 0 aliphatic heterocycles. The monoisotopic (exact) mass is 370 g/mol. The molecular weight excluding hydrogens is 360 g/mol. The molecule has 3 rings (SSSR count). The number of nitrogens with one attached hydrogen (secondary N) is 1. The molecule has 1 amide bonds. The van der Waals surface area contributed by atoms with E-state index in [2.05, 4.69) is 15.5 Å². The highest BCUT2D eigenvalue weighted by Crippen LogP contribution is 2.31. The number of carbonyl (C=O) groups is 1. The normalized spacial score (nSPS) is 10.8. The molecule has 1 aromatic carbocycles. The van der Waals surface area contributed by atoms with Gasteiger partial charge >= 0.3 is 0 Å². The number of benzene rings is 1. The number of amides is 1. The summed E-state index contributed by atoms with van der Waals surface area (Å²) in [6.07, 6.45) is 2.83. The van der Waals surface area contributed by atoms with Crippen molar-refractivity contribution in [3.05, 3.63) is 81.3 Å². The second kappa shape index (κ2) is 7.58. The average Bonchev–Trinajstić information content (AvgIpc) is 3.10. The Kier molecular flexibility index (Phi) is 5.04. The summed E-state index contributed by atoms with van der Waals surface area (Å²) in [6.45, 7) is 0. The Morgan fingerprint density at radius 2 is 2.12 bits per heavy atom. The summed E-state index contributed by atoms with van der Waals surface area (Å²) >= 11 is 6.07. The molecule has 2 aromatic heterocycles. The van der Waals surface area contributed by atoms with Crippen molar-refractivity contribution in [1.82, 2.24) is 10.4 Å². The number of hydrazone groups is 1. The molecule has 0 aliphatic rings. The maximum Gasteiger partial charge on any atom is 0.289 e. The van der Waals surface area contributed by atoms with Gasteiger partial charge in [0, 0.05) is 23.9 Å². The number of aromatic nitrogens is 1. The van der Waals surface area contributed by atoms with Gasteiger partial charge in [0.2, 0.25) is 0 Å². The number of hydrogen-bond donors (Lipinski definition) is 1. The number of nitrogens with zero attached hydrogens (tertiary/aromatic N) is 3. The molecule has 0 radical (unpaired) electrons. The van der Waals surface area contributed by atoms with Crippen LogP contribution in [0, 0.1) is 10.1 Å². The van der Waals surface area contributed by atoms with Crippen LogP contribution in [0.2, 0.25) is 5.02 Å². The lowest BCUT2D eigenvalue weighted by Crippen LogP contribution is -2.18. The zero-order valence-corrected chi connectivity index (χ0v) is 13.9. The second-order valence-corrected chi connectivity index (χ2v) is 5.44. The van der Waals surface area contributed by atoms with E-state index in [-0.39, 0.29) is 16.4 Å². The van der Waals surface area contributed by atoms with E-state index in [1.165, 1.54) is 30.6 Å². The van der Waals surface area contributed by atoms with Crippen molar-refractivity contribution < 1.29 is 14.1 Å². The van der Waals surface area contributed by atoms with Gasteiger partial charge in [-0.15, -0.1) is 0 Å². The van der Waals surface area contributed by atoms with E-state index in [9.17, 15) is 14.9 Å². The van der Waals surface area contributed by atoms with Crippen LogP contribution in [-0.2, 0) is 0 Å². The number of nitro groups is 1. The highest BCUT2D eigenvalue weighted by atomic mass is 35.5. The number of non-ortho nitro benzene ring substituents is 1. The molecule has 130 valence electrons. The molecule has 0 spiro atoms. The molecule has 0 bridgehead atoms. The van der Waals surface area contributed by atoms with Crippen molar-refractivity contribution in [2.24, 2.45) is 5.10 Å². The predicted molar refractivity (Wildman–Crippen MR) is 95.1 cm³/mol. The van der Waals surface area contributed by atoms with Crippen LogP contribution < -0.4 is 5.43 Å². The summed E-state index contributed by atoms with van der Waals surface area (Å²) in [5.74, 6) is 0.338. The third-order valence-corrected chi connectivity index (χ3v) is 3.62. The molecule has 1 N–H and O–H groups in total. The van der Waals surface area contributed by atoms with Crippen LogP contribution in [0.4, 0.5) is 5.69 Å². The lowest BCUT2D eigenvalue weighted by atomic mass is 10.1. The fourth-order valence-electron chi connectivity index (χ4n) is 2.09. The molecule has 26 heavy (non-hydrogen) atoms. The number of carbonyl (C=O) groups excluding carboxylic acids is 1. The van der Waals surface area contributed by atoms with Crippen molar-refractivity contribution in [3.63, 3.8) is 0 Å². The Morgan fingerprint density at radius 3 is 2.81 bits per heavy atom. The van der Waals surface area contributed by atoms with Crippen molar-refractivity contribution in [3.8, 4) is 11.3 Å². The van der Waals surface area contributed by atoms with Crippen molar-refractivity contribution >= 4 is 29.4 Å². The fraction of sp³-hybridized carbons (Fsp3) is 0.